The average Bonchev–Trinajstić information content (AvgIpc) is 2.65. The Balaban J connectivity index is 1.84. The third-order valence-corrected chi connectivity index (χ3v) is 4.34. The number of nitrogens with one attached hydrogen (secondary N) is 1. The monoisotopic (exact) mass is 238 g/mol. The highest BCUT2D eigenvalue weighted by Crippen LogP contribution is 2.23. The Morgan fingerprint density at radius 1 is 1.31 bits per heavy atom. The molecule has 1 aliphatic heterocycles. The van der Waals surface area contributed by atoms with Gasteiger partial charge in [0.2, 0.25) is 0 Å². The molecular formula is C13H22N2S. The first-order chi connectivity index (χ1) is 7.66. The van der Waals surface area contributed by atoms with E-state index < -0.39 is 0 Å². The molecule has 1 N–H and O–H groups in total. The van der Waals surface area contributed by atoms with Crippen LogP contribution in [-0.2, 0) is 0 Å². The van der Waals surface area contributed by atoms with Crippen molar-refractivity contribution in [3.8, 4) is 0 Å². The van der Waals surface area contributed by atoms with Gasteiger partial charge in [-0.25, -0.2) is 0 Å². The van der Waals surface area contributed by atoms with Crippen LogP contribution in [0.15, 0.2) is 10.8 Å². The Hall–Kier alpha value is -0.540. The number of nitrogens with zero attached hydrogens (tertiary/aromatic N) is 1. The molecule has 0 aliphatic carbocycles. The zero-order chi connectivity index (χ0) is 11.5. The number of aryl methyl sites for hydroxylation is 1. The van der Waals surface area contributed by atoms with Crippen LogP contribution in [0.1, 0.15) is 32.3 Å². The second kappa shape index (κ2) is 5.19. The van der Waals surface area contributed by atoms with Gasteiger partial charge in [-0.1, -0.05) is 0 Å². The second-order valence-corrected chi connectivity index (χ2v) is 5.76. The highest BCUT2D eigenvalue weighted by molar-refractivity contribution is 7.08. The van der Waals surface area contributed by atoms with E-state index in [1.165, 1.54) is 37.2 Å². The molecule has 90 valence electrons. The number of rotatable bonds is 3. The molecule has 0 aromatic carbocycles. The predicted octanol–water partition coefficient (Wildman–Crippen LogP) is 3.34. The van der Waals surface area contributed by atoms with Crippen LogP contribution in [0.25, 0.3) is 0 Å². The summed E-state index contributed by atoms with van der Waals surface area (Å²) < 4.78 is 0. The first kappa shape index (κ1) is 11.9. The van der Waals surface area contributed by atoms with E-state index in [9.17, 15) is 0 Å². The lowest BCUT2D eigenvalue weighted by Crippen LogP contribution is -2.42. The molecule has 1 aromatic heterocycles. The summed E-state index contributed by atoms with van der Waals surface area (Å²) >= 11 is 1.79. The van der Waals surface area contributed by atoms with Crippen molar-refractivity contribution in [1.82, 2.24) is 4.90 Å². The fraction of sp³-hybridized carbons (Fsp3) is 0.692. The van der Waals surface area contributed by atoms with Crippen molar-refractivity contribution in [2.24, 2.45) is 0 Å². The van der Waals surface area contributed by atoms with Crippen molar-refractivity contribution >= 4 is 17.0 Å². The molecule has 0 atom stereocenters. The van der Waals surface area contributed by atoms with Crippen LogP contribution in [0.3, 0.4) is 0 Å². The minimum atomic E-state index is 0.670. The summed E-state index contributed by atoms with van der Waals surface area (Å²) in [6.07, 6.45) is 2.54. The molecule has 1 fully saturated rings. The van der Waals surface area contributed by atoms with Crippen molar-refractivity contribution in [2.45, 2.75) is 45.7 Å². The fourth-order valence-corrected chi connectivity index (χ4v) is 3.08. The highest BCUT2D eigenvalue weighted by Gasteiger charge is 2.20. The van der Waals surface area contributed by atoms with Crippen LogP contribution in [0.4, 0.5) is 5.69 Å². The highest BCUT2D eigenvalue weighted by atomic mass is 32.1. The minimum Gasteiger partial charge on any atom is -0.381 e. The summed E-state index contributed by atoms with van der Waals surface area (Å²) in [4.78, 5) is 2.57. The maximum atomic E-state index is 3.67. The van der Waals surface area contributed by atoms with Gasteiger partial charge in [-0.05, 0) is 44.6 Å². The molecule has 0 unspecified atom stereocenters. The SMILES string of the molecule is Cc1cscc1NC1CCN(C(C)C)CC1. The summed E-state index contributed by atoms with van der Waals surface area (Å²) in [6, 6.07) is 1.37. The van der Waals surface area contributed by atoms with E-state index in [-0.39, 0.29) is 0 Å². The number of thiophene rings is 1. The molecule has 0 radical (unpaired) electrons. The second-order valence-electron chi connectivity index (χ2n) is 5.02. The Morgan fingerprint density at radius 2 is 2.00 bits per heavy atom. The van der Waals surface area contributed by atoms with Crippen LogP contribution in [0.5, 0.6) is 0 Å². The normalized spacial score (nSPS) is 19.2. The van der Waals surface area contributed by atoms with Gasteiger partial charge in [-0.3, -0.25) is 0 Å². The van der Waals surface area contributed by atoms with Crippen molar-refractivity contribution in [1.29, 1.82) is 0 Å². The lowest BCUT2D eigenvalue weighted by molar-refractivity contribution is 0.177. The molecular weight excluding hydrogens is 216 g/mol. The number of hydrogen-bond donors (Lipinski definition) is 1. The molecule has 2 heterocycles. The van der Waals surface area contributed by atoms with Gasteiger partial charge in [0.25, 0.3) is 0 Å². The van der Waals surface area contributed by atoms with Crippen LogP contribution in [-0.4, -0.2) is 30.1 Å². The van der Waals surface area contributed by atoms with Crippen molar-refractivity contribution < 1.29 is 0 Å². The van der Waals surface area contributed by atoms with Gasteiger partial charge in [-0.2, -0.15) is 0 Å². The number of piperidine rings is 1. The van der Waals surface area contributed by atoms with E-state index in [0.717, 1.165) is 0 Å². The minimum absolute atomic E-state index is 0.670. The smallest absolute Gasteiger partial charge is 0.0480 e. The van der Waals surface area contributed by atoms with Crippen molar-refractivity contribution in [2.75, 3.05) is 18.4 Å². The molecule has 2 rings (SSSR count). The maximum absolute atomic E-state index is 3.67. The zero-order valence-electron chi connectivity index (χ0n) is 10.5. The van der Waals surface area contributed by atoms with Gasteiger partial charge in [0.05, 0.1) is 0 Å². The van der Waals surface area contributed by atoms with Crippen LogP contribution < -0.4 is 5.32 Å². The standard InChI is InChI=1S/C13H22N2S/c1-10(2)15-6-4-12(5-7-15)14-13-9-16-8-11(13)3/h8-10,12,14H,4-7H2,1-3H3. The van der Waals surface area contributed by atoms with Crippen LogP contribution >= 0.6 is 11.3 Å². The molecule has 1 aromatic rings. The first-order valence-corrected chi connectivity index (χ1v) is 7.14. The fourth-order valence-electron chi connectivity index (χ4n) is 2.29. The van der Waals surface area contributed by atoms with Gasteiger partial charge >= 0.3 is 0 Å². The third-order valence-electron chi connectivity index (χ3n) is 3.48. The van der Waals surface area contributed by atoms with Crippen LogP contribution in [0.2, 0.25) is 0 Å². The van der Waals surface area contributed by atoms with E-state index in [0.29, 0.717) is 12.1 Å². The quantitative estimate of drug-likeness (QED) is 0.869. The van der Waals surface area contributed by atoms with E-state index in [2.05, 4.69) is 41.7 Å². The molecule has 2 nitrogen and oxygen atoms in total. The van der Waals surface area contributed by atoms with Gasteiger partial charge < -0.3 is 10.2 Å². The summed E-state index contributed by atoms with van der Waals surface area (Å²) in [7, 11) is 0. The maximum Gasteiger partial charge on any atom is 0.0480 e. The Labute approximate surface area is 103 Å². The average molecular weight is 238 g/mol. The molecule has 1 saturated heterocycles. The Kier molecular flexibility index (Phi) is 3.87. The topological polar surface area (TPSA) is 15.3 Å². The first-order valence-electron chi connectivity index (χ1n) is 6.20. The Bertz CT molecular complexity index is 324. The molecule has 0 amide bonds. The number of anilines is 1. The molecule has 0 bridgehead atoms. The molecule has 16 heavy (non-hydrogen) atoms. The molecule has 0 spiro atoms. The predicted molar refractivity (Wildman–Crippen MR) is 72.4 cm³/mol. The van der Waals surface area contributed by atoms with Crippen LogP contribution in [0, 0.1) is 6.92 Å². The number of hydrogen-bond acceptors (Lipinski definition) is 3. The molecule has 1 aliphatic rings. The zero-order valence-corrected chi connectivity index (χ0v) is 11.3. The summed E-state index contributed by atoms with van der Waals surface area (Å²) in [6.45, 7) is 9.23. The Morgan fingerprint density at radius 3 is 2.50 bits per heavy atom. The number of likely N-dealkylation sites (tertiary alicyclic amines) is 1. The van der Waals surface area contributed by atoms with Gasteiger partial charge in [0.1, 0.15) is 0 Å². The lowest BCUT2D eigenvalue weighted by atomic mass is 10.0. The van der Waals surface area contributed by atoms with E-state index in [1.807, 2.05) is 0 Å². The van der Waals surface area contributed by atoms with Crippen molar-refractivity contribution in [3.63, 3.8) is 0 Å². The summed E-state index contributed by atoms with van der Waals surface area (Å²) in [5.41, 5.74) is 2.73. The summed E-state index contributed by atoms with van der Waals surface area (Å²) in [5, 5.41) is 8.11. The molecule has 3 heteroatoms. The molecule has 0 saturated carbocycles. The van der Waals surface area contributed by atoms with Gasteiger partial charge in [0.15, 0.2) is 0 Å². The lowest BCUT2D eigenvalue weighted by Gasteiger charge is -2.35. The third kappa shape index (κ3) is 2.77. The van der Waals surface area contributed by atoms with E-state index >= 15 is 0 Å². The van der Waals surface area contributed by atoms with E-state index in [1.54, 1.807) is 11.3 Å². The van der Waals surface area contributed by atoms with Gasteiger partial charge in [0, 0.05) is 36.2 Å². The summed E-state index contributed by atoms with van der Waals surface area (Å²) in [5.74, 6) is 0. The largest absolute Gasteiger partial charge is 0.381 e. The van der Waals surface area contributed by atoms with Gasteiger partial charge in [-0.15, -0.1) is 11.3 Å². The van der Waals surface area contributed by atoms with Crippen molar-refractivity contribution in [3.05, 3.63) is 16.3 Å². The van der Waals surface area contributed by atoms with E-state index in [4.69, 9.17) is 0 Å².